The summed E-state index contributed by atoms with van der Waals surface area (Å²) in [5, 5.41) is 10.7. The average Bonchev–Trinajstić information content (AvgIpc) is 3.25. The van der Waals surface area contributed by atoms with Gasteiger partial charge in [0.15, 0.2) is 0 Å². The highest BCUT2D eigenvalue weighted by Crippen LogP contribution is 2.34. The van der Waals surface area contributed by atoms with E-state index < -0.39 is 5.54 Å². The van der Waals surface area contributed by atoms with Gasteiger partial charge in [-0.05, 0) is 65.5 Å². The van der Waals surface area contributed by atoms with Gasteiger partial charge in [0.1, 0.15) is 5.54 Å². The van der Waals surface area contributed by atoms with Crippen LogP contribution >= 0.6 is 0 Å². The number of aromatic nitrogens is 2. The molecule has 1 saturated carbocycles. The normalized spacial score (nSPS) is 19.8. The number of aryl methyl sites for hydroxylation is 2. The van der Waals surface area contributed by atoms with Gasteiger partial charge in [-0.15, -0.1) is 0 Å². The molecule has 0 aromatic carbocycles. The number of likely N-dealkylation sites (tertiary alicyclic amines) is 1. The van der Waals surface area contributed by atoms with Crippen LogP contribution in [0.4, 0.5) is 0 Å². The van der Waals surface area contributed by atoms with Gasteiger partial charge in [0, 0.05) is 25.8 Å². The third kappa shape index (κ3) is 4.09. The molecule has 7 nitrogen and oxygen atoms in total. The molecular weight excluding hydrogens is 354 g/mol. The van der Waals surface area contributed by atoms with Crippen molar-refractivity contribution in [1.82, 2.24) is 25.3 Å². The molecule has 2 fully saturated rings. The third-order valence-electron chi connectivity index (χ3n) is 6.66. The van der Waals surface area contributed by atoms with Crippen molar-refractivity contribution in [3.63, 3.8) is 0 Å². The maximum Gasteiger partial charge on any atom is 0.255 e. The fourth-order valence-corrected chi connectivity index (χ4v) is 4.83. The summed E-state index contributed by atoms with van der Waals surface area (Å²) >= 11 is 0. The largest absolute Gasteiger partial charge is 0.341 e. The molecule has 2 heterocycles. The zero-order valence-electron chi connectivity index (χ0n) is 17.8. The molecule has 1 aliphatic heterocycles. The quantitative estimate of drug-likeness (QED) is 0.779. The van der Waals surface area contributed by atoms with Crippen LogP contribution < -0.4 is 10.6 Å². The summed E-state index contributed by atoms with van der Waals surface area (Å²) in [6.07, 6.45) is 6.70. The second kappa shape index (κ2) is 8.64. The van der Waals surface area contributed by atoms with Crippen LogP contribution in [0.15, 0.2) is 0 Å². The Labute approximate surface area is 168 Å². The summed E-state index contributed by atoms with van der Waals surface area (Å²) in [5.74, 6) is 0.637. The molecule has 156 valence electrons. The number of carbonyl (C=O) groups excluding carboxylic acids is 2. The van der Waals surface area contributed by atoms with Gasteiger partial charge >= 0.3 is 0 Å². The first kappa shape index (κ1) is 20.8. The third-order valence-corrected chi connectivity index (χ3v) is 6.66. The fourth-order valence-electron chi connectivity index (χ4n) is 4.83. The Morgan fingerprint density at radius 3 is 2.36 bits per heavy atom. The van der Waals surface area contributed by atoms with Crippen LogP contribution in [0.3, 0.4) is 0 Å². The first-order valence-electron chi connectivity index (χ1n) is 10.6. The number of hydrogen-bond acceptors (Lipinski definition) is 4. The van der Waals surface area contributed by atoms with E-state index in [1.54, 1.807) is 4.68 Å². The molecule has 3 rings (SSSR count). The lowest BCUT2D eigenvalue weighted by Gasteiger charge is -2.39. The predicted molar refractivity (Wildman–Crippen MR) is 109 cm³/mol. The van der Waals surface area contributed by atoms with E-state index >= 15 is 0 Å². The Hall–Kier alpha value is -1.89. The topological polar surface area (TPSA) is 79.3 Å². The van der Waals surface area contributed by atoms with E-state index in [9.17, 15) is 9.59 Å². The van der Waals surface area contributed by atoms with Crippen molar-refractivity contribution in [3.8, 4) is 0 Å². The Morgan fingerprint density at radius 2 is 1.82 bits per heavy atom. The van der Waals surface area contributed by atoms with Crippen molar-refractivity contribution in [3.05, 3.63) is 17.0 Å². The molecule has 2 aliphatic rings. The standard InChI is InChI=1S/C21H35N5O2/c1-15-18(16(2)25(4)24-15)19(27)23-21(10-5-6-11-21)20(28)26-13-8-17(9-14-26)7-12-22-3/h17,22H,5-14H2,1-4H3,(H,23,27). The van der Waals surface area contributed by atoms with Crippen molar-refractivity contribution < 1.29 is 9.59 Å². The Balaban J connectivity index is 1.70. The van der Waals surface area contributed by atoms with Gasteiger partial charge in [-0.3, -0.25) is 14.3 Å². The minimum Gasteiger partial charge on any atom is -0.341 e. The van der Waals surface area contributed by atoms with Gasteiger partial charge in [-0.1, -0.05) is 12.8 Å². The van der Waals surface area contributed by atoms with E-state index in [4.69, 9.17) is 0 Å². The van der Waals surface area contributed by atoms with Crippen LogP contribution in [-0.4, -0.2) is 58.7 Å². The van der Waals surface area contributed by atoms with E-state index in [2.05, 4.69) is 15.7 Å². The summed E-state index contributed by atoms with van der Waals surface area (Å²) in [6, 6.07) is 0. The number of piperidine rings is 1. The Morgan fingerprint density at radius 1 is 1.18 bits per heavy atom. The summed E-state index contributed by atoms with van der Waals surface area (Å²) in [6.45, 7) is 6.38. The second-order valence-corrected chi connectivity index (χ2v) is 8.54. The van der Waals surface area contributed by atoms with Gasteiger partial charge < -0.3 is 15.5 Å². The molecule has 1 aliphatic carbocycles. The number of hydrogen-bond donors (Lipinski definition) is 2. The molecule has 1 aromatic heterocycles. The second-order valence-electron chi connectivity index (χ2n) is 8.54. The predicted octanol–water partition coefficient (Wildman–Crippen LogP) is 1.93. The molecule has 0 unspecified atom stereocenters. The van der Waals surface area contributed by atoms with E-state index in [1.165, 1.54) is 6.42 Å². The van der Waals surface area contributed by atoms with Crippen molar-refractivity contribution in [2.75, 3.05) is 26.7 Å². The maximum absolute atomic E-state index is 13.5. The number of rotatable bonds is 6. The molecule has 2 N–H and O–H groups in total. The average molecular weight is 390 g/mol. The van der Waals surface area contributed by atoms with E-state index in [1.807, 2.05) is 32.8 Å². The molecule has 2 amide bonds. The minimum absolute atomic E-state index is 0.115. The van der Waals surface area contributed by atoms with Crippen molar-refractivity contribution in [2.45, 2.75) is 64.3 Å². The molecule has 28 heavy (non-hydrogen) atoms. The first-order chi connectivity index (χ1) is 13.4. The molecular formula is C21H35N5O2. The molecule has 1 saturated heterocycles. The summed E-state index contributed by atoms with van der Waals surface area (Å²) in [7, 11) is 3.82. The van der Waals surface area contributed by atoms with Crippen LogP contribution in [0.2, 0.25) is 0 Å². The van der Waals surface area contributed by atoms with Gasteiger partial charge in [-0.2, -0.15) is 5.10 Å². The van der Waals surface area contributed by atoms with Gasteiger partial charge in [-0.25, -0.2) is 0 Å². The van der Waals surface area contributed by atoms with Gasteiger partial charge in [0.2, 0.25) is 5.91 Å². The molecule has 0 atom stereocenters. The monoisotopic (exact) mass is 389 g/mol. The Kier molecular flexibility index (Phi) is 6.43. The lowest BCUT2D eigenvalue weighted by Crippen LogP contribution is -2.59. The lowest BCUT2D eigenvalue weighted by molar-refractivity contribution is -0.139. The van der Waals surface area contributed by atoms with E-state index in [0.29, 0.717) is 17.2 Å². The Bertz CT molecular complexity index is 713. The lowest BCUT2D eigenvalue weighted by atomic mass is 9.90. The molecule has 7 heteroatoms. The number of nitrogens with zero attached hydrogens (tertiary/aromatic N) is 3. The van der Waals surface area contributed by atoms with Gasteiger partial charge in [0.05, 0.1) is 11.3 Å². The highest BCUT2D eigenvalue weighted by Gasteiger charge is 2.45. The van der Waals surface area contributed by atoms with Gasteiger partial charge in [0.25, 0.3) is 5.91 Å². The maximum atomic E-state index is 13.5. The molecule has 0 spiro atoms. The summed E-state index contributed by atoms with van der Waals surface area (Å²) in [5.41, 5.74) is 1.40. The van der Waals surface area contributed by atoms with Crippen LogP contribution in [0.5, 0.6) is 0 Å². The number of amides is 2. The highest BCUT2D eigenvalue weighted by atomic mass is 16.2. The first-order valence-corrected chi connectivity index (χ1v) is 10.6. The van der Waals surface area contributed by atoms with Crippen LogP contribution in [0.25, 0.3) is 0 Å². The summed E-state index contributed by atoms with van der Waals surface area (Å²) < 4.78 is 1.73. The van der Waals surface area contributed by atoms with E-state index in [0.717, 1.165) is 63.9 Å². The zero-order chi connectivity index (χ0) is 20.3. The van der Waals surface area contributed by atoms with Crippen molar-refractivity contribution >= 4 is 11.8 Å². The zero-order valence-corrected chi connectivity index (χ0v) is 17.8. The van der Waals surface area contributed by atoms with Crippen molar-refractivity contribution in [1.29, 1.82) is 0 Å². The molecule has 0 bridgehead atoms. The summed E-state index contributed by atoms with van der Waals surface area (Å²) in [4.78, 5) is 28.5. The highest BCUT2D eigenvalue weighted by molar-refractivity contribution is 6.00. The smallest absolute Gasteiger partial charge is 0.255 e. The van der Waals surface area contributed by atoms with E-state index in [-0.39, 0.29) is 11.8 Å². The molecule has 0 radical (unpaired) electrons. The van der Waals surface area contributed by atoms with Crippen LogP contribution in [0, 0.1) is 19.8 Å². The SMILES string of the molecule is CNCCC1CCN(C(=O)C2(NC(=O)c3c(C)nn(C)c3C)CCCC2)CC1. The van der Waals surface area contributed by atoms with Crippen LogP contribution in [-0.2, 0) is 11.8 Å². The number of nitrogens with one attached hydrogen (secondary N) is 2. The minimum atomic E-state index is -0.746. The molecule has 1 aromatic rings. The van der Waals surface area contributed by atoms with Crippen molar-refractivity contribution in [2.24, 2.45) is 13.0 Å². The number of carbonyl (C=O) groups is 2. The fraction of sp³-hybridized carbons (Fsp3) is 0.762. The van der Waals surface area contributed by atoms with Crippen LogP contribution in [0.1, 0.15) is 66.7 Å².